The molecule has 5 heteroatoms. The van der Waals surface area contributed by atoms with Gasteiger partial charge in [-0.3, -0.25) is 4.68 Å². The molecule has 0 aliphatic heterocycles. The molecule has 1 atom stereocenters. The molecule has 0 spiro atoms. The Bertz CT molecular complexity index is 391. The van der Waals surface area contributed by atoms with Crippen molar-refractivity contribution in [1.82, 2.24) is 15.1 Å². The van der Waals surface area contributed by atoms with Crippen LogP contribution in [0.3, 0.4) is 0 Å². The van der Waals surface area contributed by atoms with Gasteiger partial charge in [-0.05, 0) is 26.8 Å². The van der Waals surface area contributed by atoms with Crippen molar-refractivity contribution in [3.8, 4) is 6.07 Å². The summed E-state index contributed by atoms with van der Waals surface area (Å²) in [5.74, 6) is 0. The average molecular weight is 241 g/mol. The number of nitriles is 1. The summed E-state index contributed by atoms with van der Waals surface area (Å²) in [6.07, 6.45) is 1.01. The topological polar surface area (TPSA) is 53.6 Å². The highest BCUT2D eigenvalue weighted by Gasteiger charge is 2.13. The van der Waals surface area contributed by atoms with E-state index in [2.05, 4.69) is 23.4 Å². The van der Waals surface area contributed by atoms with Crippen LogP contribution < -0.4 is 5.32 Å². The molecule has 1 aromatic rings. The van der Waals surface area contributed by atoms with Crippen LogP contribution in [0.1, 0.15) is 24.7 Å². The second kappa shape index (κ2) is 5.88. The van der Waals surface area contributed by atoms with Crippen LogP contribution in [0, 0.1) is 25.2 Å². The summed E-state index contributed by atoms with van der Waals surface area (Å²) in [5.41, 5.74) is 1.73. The molecular formula is C11H17ClN4. The zero-order chi connectivity index (χ0) is 12.1. The summed E-state index contributed by atoms with van der Waals surface area (Å²) in [7, 11) is 0. The standard InChI is InChI=1S/C11H17ClN4/c1-4-5-14-10(6-13)7-16-9(3)11(12)8(2)15-16/h10,14H,4-5,7H2,1-3H3. The molecule has 88 valence electrons. The van der Waals surface area contributed by atoms with Crippen LogP contribution in [0.25, 0.3) is 0 Å². The summed E-state index contributed by atoms with van der Waals surface area (Å²) in [5, 5.41) is 17.1. The molecule has 0 aromatic carbocycles. The van der Waals surface area contributed by atoms with Crippen molar-refractivity contribution < 1.29 is 0 Å². The van der Waals surface area contributed by atoms with Crippen LogP contribution in [0.2, 0.25) is 5.02 Å². The van der Waals surface area contributed by atoms with E-state index in [4.69, 9.17) is 16.9 Å². The van der Waals surface area contributed by atoms with Crippen LogP contribution in [0.5, 0.6) is 0 Å². The van der Waals surface area contributed by atoms with Gasteiger partial charge in [0.15, 0.2) is 0 Å². The van der Waals surface area contributed by atoms with Gasteiger partial charge in [0.1, 0.15) is 6.04 Å². The highest BCUT2D eigenvalue weighted by atomic mass is 35.5. The summed E-state index contributed by atoms with van der Waals surface area (Å²) in [4.78, 5) is 0. The second-order valence-electron chi connectivity index (χ2n) is 3.80. The first-order valence-electron chi connectivity index (χ1n) is 5.42. The minimum atomic E-state index is -0.214. The summed E-state index contributed by atoms with van der Waals surface area (Å²) in [6, 6.07) is 2.01. The van der Waals surface area contributed by atoms with Gasteiger partial charge >= 0.3 is 0 Å². The Labute approximate surface area is 101 Å². The van der Waals surface area contributed by atoms with E-state index in [1.807, 2.05) is 13.8 Å². The first kappa shape index (κ1) is 13.0. The molecule has 0 amide bonds. The highest BCUT2D eigenvalue weighted by Crippen LogP contribution is 2.18. The Morgan fingerprint density at radius 1 is 1.56 bits per heavy atom. The lowest BCUT2D eigenvalue weighted by Crippen LogP contribution is -2.33. The third-order valence-corrected chi connectivity index (χ3v) is 2.99. The minimum Gasteiger partial charge on any atom is -0.300 e. The molecule has 1 rings (SSSR count). The number of aryl methyl sites for hydroxylation is 1. The largest absolute Gasteiger partial charge is 0.300 e. The number of aromatic nitrogens is 2. The van der Waals surface area contributed by atoms with Gasteiger partial charge in [-0.2, -0.15) is 10.4 Å². The predicted octanol–water partition coefficient (Wildman–Crippen LogP) is 2.05. The van der Waals surface area contributed by atoms with Gasteiger partial charge in [-0.25, -0.2) is 0 Å². The molecule has 1 unspecified atom stereocenters. The molecule has 1 N–H and O–H groups in total. The smallest absolute Gasteiger partial charge is 0.115 e. The molecular weight excluding hydrogens is 224 g/mol. The van der Waals surface area contributed by atoms with E-state index in [0.717, 1.165) is 24.4 Å². The van der Waals surface area contributed by atoms with Gasteiger partial charge in [-0.15, -0.1) is 0 Å². The van der Waals surface area contributed by atoms with E-state index >= 15 is 0 Å². The fourth-order valence-corrected chi connectivity index (χ4v) is 1.63. The van der Waals surface area contributed by atoms with E-state index in [9.17, 15) is 0 Å². The number of nitrogens with zero attached hydrogens (tertiary/aromatic N) is 3. The molecule has 16 heavy (non-hydrogen) atoms. The number of hydrogen-bond donors (Lipinski definition) is 1. The summed E-state index contributed by atoms with van der Waals surface area (Å²) < 4.78 is 1.79. The van der Waals surface area contributed by atoms with Crippen LogP contribution in [-0.4, -0.2) is 22.4 Å². The fraction of sp³-hybridized carbons (Fsp3) is 0.636. The maximum Gasteiger partial charge on any atom is 0.115 e. The van der Waals surface area contributed by atoms with Crippen molar-refractivity contribution in [2.24, 2.45) is 0 Å². The molecule has 0 aliphatic rings. The van der Waals surface area contributed by atoms with Crippen LogP contribution >= 0.6 is 11.6 Å². The van der Waals surface area contributed by atoms with Crippen LogP contribution in [-0.2, 0) is 6.54 Å². The average Bonchev–Trinajstić information content (AvgIpc) is 2.52. The Hall–Kier alpha value is -1.05. The molecule has 0 saturated carbocycles. The summed E-state index contributed by atoms with van der Waals surface area (Å²) >= 11 is 6.04. The maximum absolute atomic E-state index is 8.99. The van der Waals surface area contributed by atoms with Crippen molar-refractivity contribution in [2.45, 2.75) is 39.8 Å². The van der Waals surface area contributed by atoms with Gasteiger partial charge in [0, 0.05) is 0 Å². The Morgan fingerprint density at radius 3 is 2.69 bits per heavy atom. The quantitative estimate of drug-likeness (QED) is 0.857. The summed E-state index contributed by atoms with van der Waals surface area (Å²) in [6.45, 7) is 7.23. The van der Waals surface area contributed by atoms with Gasteiger partial charge in [-0.1, -0.05) is 18.5 Å². The Kier molecular flexibility index (Phi) is 4.78. The van der Waals surface area contributed by atoms with Gasteiger partial charge in [0.2, 0.25) is 0 Å². The first-order valence-corrected chi connectivity index (χ1v) is 5.80. The lowest BCUT2D eigenvalue weighted by molar-refractivity contribution is 0.482. The molecule has 0 bridgehead atoms. The van der Waals surface area contributed by atoms with E-state index in [1.165, 1.54) is 0 Å². The highest BCUT2D eigenvalue weighted by molar-refractivity contribution is 6.31. The van der Waals surface area contributed by atoms with Gasteiger partial charge < -0.3 is 5.32 Å². The van der Waals surface area contributed by atoms with Crippen LogP contribution in [0.15, 0.2) is 0 Å². The Morgan fingerprint density at radius 2 is 2.25 bits per heavy atom. The van der Waals surface area contributed by atoms with Crippen molar-refractivity contribution in [2.75, 3.05) is 6.54 Å². The van der Waals surface area contributed by atoms with Gasteiger partial charge in [0.05, 0.1) is 29.0 Å². The number of nitrogens with one attached hydrogen (secondary N) is 1. The minimum absolute atomic E-state index is 0.214. The number of rotatable bonds is 5. The van der Waals surface area contributed by atoms with Crippen molar-refractivity contribution in [3.63, 3.8) is 0 Å². The van der Waals surface area contributed by atoms with E-state index < -0.39 is 0 Å². The molecule has 4 nitrogen and oxygen atoms in total. The lowest BCUT2D eigenvalue weighted by atomic mass is 10.3. The predicted molar refractivity (Wildman–Crippen MR) is 64.4 cm³/mol. The fourth-order valence-electron chi connectivity index (χ4n) is 1.50. The van der Waals surface area contributed by atoms with Crippen molar-refractivity contribution >= 4 is 11.6 Å². The van der Waals surface area contributed by atoms with E-state index in [0.29, 0.717) is 11.6 Å². The molecule has 1 aromatic heterocycles. The Balaban J connectivity index is 2.71. The number of hydrogen-bond acceptors (Lipinski definition) is 3. The van der Waals surface area contributed by atoms with E-state index in [-0.39, 0.29) is 6.04 Å². The first-order chi connectivity index (χ1) is 7.60. The zero-order valence-corrected chi connectivity index (χ0v) is 10.7. The molecule has 0 saturated heterocycles. The number of halogens is 1. The van der Waals surface area contributed by atoms with Crippen LogP contribution in [0.4, 0.5) is 0 Å². The molecule has 0 fully saturated rings. The molecule has 0 aliphatic carbocycles. The molecule has 0 radical (unpaired) electrons. The molecule has 1 heterocycles. The second-order valence-corrected chi connectivity index (χ2v) is 4.18. The lowest BCUT2D eigenvalue weighted by Gasteiger charge is -2.11. The zero-order valence-electron chi connectivity index (χ0n) is 9.92. The SMILES string of the molecule is CCCNC(C#N)Cn1nc(C)c(Cl)c1C. The van der Waals surface area contributed by atoms with Gasteiger partial charge in [0.25, 0.3) is 0 Å². The van der Waals surface area contributed by atoms with E-state index in [1.54, 1.807) is 4.68 Å². The van der Waals surface area contributed by atoms with Crippen molar-refractivity contribution in [1.29, 1.82) is 5.26 Å². The maximum atomic E-state index is 8.99. The monoisotopic (exact) mass is 240 g/mol. The third-order valence-electron chi connectivity index (χ3n) is 2.45. The third kappa shape index (κ3) is 2.97. The normalized spacial score (nSPS) is 12.4. The van der Waals surface area contributed by atoms with Crippen molar-refractivity contribution in [3.05, 3.63) is 16.4 Å².